The maximum atomic E-state index is 6.69. The van der Waals surface area contributed by atoms with E-state index in [0.717, 1.165) is 72.7 Å². The predicted molar refractivity (Wildman–Crippen MR) is 252 cm³/mol. The lowest BCUT2D eigenvalue weighted by atomic mass is 10.1. The quantitative estimate of drug-likeness (QED) is 0.161. The van der Waals surface area contributed by atoms with E-state index in [9.17, 15) is 0 Å². The van der Waals surface area contributed by atoms with Crippen LogP contribution in [-0.2, 0) is 0 Å². The summed E-state index contributed by atoms with van der Waals surface area (Å²) >= 11 is 0. The average molecular weight is 768 g/mol. The lowest BCUT2D eigenvalue weighted by Gasteiger charge is -2.29. The maximum absolute atomic E-state index is 6.69. The summed E-state index contributed by atoms with van der Waals surface area (Å²) < 4.78 is 9.13. The molecule has 0 unspecified atom stereocenters. The largest absolute Gasteiger partial charge is 0.455 e. The van der Waals surface area contributed by atoms with Gasteiger partial charge in [-0.25, -0.2) is 0 Å². The zero-order valence-corrected chi connectivity index (χ0v) is 32.6. The molecule has 0 fully saturated rings. The molecule has 0 aliphatic heterocycles. The van der Waals surface area contributed by atoms with Gasteiger partial charge in [0.25, 0.3) is 0 Å². The summed E-state index contributed by atoms with van der Waals surface area (Å²) in [6.07, 6.45) is 0. The van der Waals surface area contributed by atoms with Gasteiger partial charge < -0.3 is 18.8 Å². The van der Waals surface area contributed by atoms with Crippen LogP contribution in [-0.4, -0.2) is 4.57 Å². The zero-order valence-electron chi connectivity index (χ0n) is 32.6. The van der Waals surface area contributed by atoms with Gasteiger partial charge in [0.15, 0.2) is 0 Å². The van der Waals surface area contributed by atoms with Crippen molar-refractivity contribution in [1.82, 2.24) is 4.57 Å². The first-order chi connectivity index (χ1) is 29.8. The Balaban J connectivity index is 1.05. The monoisotopic (exact) mass is 767 g/mol. The van der Waals surface area contributed by atoms with Crippen LogP contribution in [0.25, 0.3) is 71.0 Å². The van der Waals surface area contributed by atoms with Crippen LogP contribution in [0.5, 0.6) is 0 Å². The normalized spacial score (nSPS) is 11.7. The van der Waals surface area contributed by atoms with Crippen molar-refractivity contribution in [2.75, 3.05) is 9.80 Å². The minimum absolute atomic E-state index is 0.858. The highest BCUT2D eigenvalue weighted by Crippen LogP contribution is 2.44. The van der Waals surface area contributed by atoms with Crippen molar-refractivity contribution in [2.24, 2.45) is 0 Å². The Morgan fingerprint density at radius 1 is 0.317 bits per heavy atom. The molecule has 2 heterocycles. The SMILES string of the molecule is c1ccc(N(c2cccc(N(c3ccccc3)c3ccc4c5ccc6ccccc6c5n(-c5ccccc5)c4c3)c2)c2ccc3c(c2)oc2c4ccccc4ccc32)cc1. The van der Waals surface area contributed by atoms with Crippen LogP contribution in [0.1, 0.15) is 0 Å². The fourth-order valence-electron chi connectivity index (χ4n) is 9.20. The van der Waals surface area contributed by atoms with E-state index in [-0.39, 0.29) is 0 Å². The van der Waals surface area contributed by atoms with Crippen LogP contribution >= 0.6 is 0 Å². The van der Waals surface area contributed by atoms with Crippen molar-refractivity contribution in [3.05, 3.63) is 224 Å². The van der Waals surface area contributed by atoms with Gasteiger partial charge in [0, 0.05) is 78.2 Å². The molecule has 0 spiro atoms. The van der Waals surface area contributed by atoms with E-state index in [4.69, 9.17) is 4.42 Å². The number of aromatic nitrogens is 1. The third-order valence-corrected chi connectivity index (χ3v) is 11.9. The summed E-state index contributed by atoms with van der Waals surface area (Å²) in [7, 11) is 0. The fraction of sp³-hybridized carbons (Fsp3) is 0. The number of hydrogen-bond donors (Lipinski definition) is 0. The smallest absolute Gasteiger partial charge is 0.143 e. The molecular formula is C56H37N3O. The maximum Gasteiger partial charge on any atom is 0.143 e. The van der Waals surface area contributed by atoms with E-state index in [1.165, 1.54) is 32.4 Å². The molecule has 0 saturated carbocycles. The van der Waals surface area contributed by atoms with Gasteiger partial charge in [-0.3, -0.25) is 0 Å². The third-order valence-electron chi connectivity index (χ3n) is 11.9. The molecule has 0 radical (unpaired) electrons. The number of rotatable bonds is 7. The Bertz CT molecular complexity index is 3550. The second-order valence-electron chi connectivity index (χ2n) is 15.4. The Morgan fingerprint density at radius 3 is 1.50 bits per heavy atom. The van der Waals surface area contributed by atoms with E-state index in [2.05, 4.69) is 239 Å². The van der Waals surface area contributed by atoms with Gasteiger partial charge in [0.2, 0.25) is 0 Å². The minimum atomic E-state index is 0.858. The molecule has 0 N–H and O–H groups in total. The van der Waals surface area contributed by atoms with Crippen molar-refractivity contribution in [1.29, 1.82) is 0 Å². The molecule has 4 heteroatoms. The number of fused-ring (bicyclic) bond motifs is 10. The molecule has 60 heavy (non-hydrogen) atoms. The van der Waals surface area contributed by atoms with Crippen LogP contribution in [0.3, 0.4) is 0 Å². The number of anilines is 6. The fourth-order valence-corrected chi connectivity index (χ4v) is 9.20. The summed E-state index contributed by atoms with van der Waals surface area (Å²) in [6.45, 7) is 0. The van der Waals surface area contributed by atoms with E-state index < -0.39 is 0 Å². The van der Waals surface area contributed by atoms with Gasteiger partial charge in [0.1, 0.15) is 11.2 Å². The molecule has 0 amide bonds. The zero-order chi connectivity index (χ0) is 39.6. The Labute approximate surface area is 347 Å². The molecule has 2 aromatic heterocycles. The van der Waals surface area contributed by atoms with Crippen LogP contribution < -0.4 is 9.80 Å². The molecule has 12 rings (SSSR count). The summed E-state index contributed by atoms with van der Waals surface area (Å²) in [5.74, 6) is 0. The molecular weight excluding hydrogens is 731 g/mol. The molecule has 12 aromatic rings. The highest BCUT2D eigenvalue weighted by atomic mass is 16.3. The van der Waals surface area contributed by atoms with Crippen molar-refractivity contribution in [3.63, 3.8) is 0 Å². The lowest BCUT2D eigenvalue weighted by molar-refractivity contribution is 0.672. The van der Waals surface area contributed by atoms with Gasteiger partial charge in [-0.15, -0.1) is 0 Å². The molecule has 0 aliphatic rings. The number of para-hydroxylation sites is 3. The standard InChI is InChI=1S/C56H37N3O/c1-4-17-40(18-5-1)57(45-29-33-49-51-31-27-38-15-10-12-25-47(38)55(51)59(53(49)36-45)42-21-8-3-9-22-42)43-23-14-24-44(35-43)58(41-19-6-2-7-20-41)46-30-34-50-52-32-28-39-16-11-13-26-48(39)56(52)60-54(50)37-46/h1-37H. The van der Waals surface area contributed by atoms with Crippen molar-refractivity contribution in [2.45, 2.75) is 0 Å². The molecule has 0 aliphatic carbocycles. The first-order valence-corrected chi connectivity index (χ1v) is 20.4. The average Bonchev–Trinajstić information content (AvgIpc) is 3.86. The summed E-state index contributed by atoms with van der Waals surface area (Å²) in [6, 6.07) is 80.4. The topological polar surface area (TPSA) is 24.6 Å². The van der Waals surface area contributed by atoms with Gasteiger partial charge in [-0.1, -0.05) is 133 Å². The van der Waals surface area contributed by atoms with Crippen LogP contribution in [0.2, 0.25) is 0 Å². The highest BCUT2D eigenvalue weighted by molar-refractivity contribution is 6.19. The molecule has 4 nitrogen and oxygen atoms in total. The Kier molecular flexibility index (Phi) is 7.82. The second kappa shape index (κ2) is 13.8. The van der Waals surface area contributed by atoms with Gasteiger partial charge in [-0.05, 0) is 95.7 Å². The van der Waals surface area contributed by atoms with Crippen molar-refractivity contribution in [3.8, 4) is 5.69 Å². The molecule has 0 bridgehead atoms. The number of nitrogens with zero attached hydrogens (tertiary/aromatic N) is 3. The van der Waals surface area contributed by atoms with E-state index >= 15 is 0 Å². The number of benzene rings is 10. The van der Waals surface area contributed by atoms with Crippen molar-refractivity contribution < 1.29 is 4.42 Å². The Morgan fingerprint density at radius 2 is 0.817 bits per heavy atom. The van der Waals surface area contributed by atoms with Gasteiger partial charge in [0.05, 0.1) is 11.0 Å². The summed E-state index contributed by atoms with van der Waals surface area (Å²) in [5, 5.41) is 9.44. The first-order valence-electron chi connectivity index (χ1n) is 20.4. The lowest BCUT2D eigenvalue weighted by Crippen LogP contribution is -2.13. The number of hydrogen-bond acceptors (Lipinski definition) is 3. The van der Waals surface area contributed by atoms with Gasteiger partial charge >= 0.3 is 0 Å². The second-order valence-corrected chi connectivity index (χ2v) is 15.4. The molecule has 0 saturated heterocycles. The van der Waals surface area contributed by atoms with Crippen LogP contribution in [0, 0.1) is 0 Å². The molecule has 0 atom stereocenters. The van der Waals surface area contributed by atoms with E-state index in [1.54, 1.807) is 0 Å². The molecule has 10 aromatic carbocycles. The summed E-state index contributed by atoms with van der Waals surface area (Å²) in [5.41, 5.74) is 11.6. The van der Waals surface area contributed by atoms with E-state index in [1.807, 2.05) is 0 Å². The minimum Gasteiger partial charge on any atom is -0.455 e. The van der Waals surface area contributed by atoms with Gasteiger partial charge in [-0.2, -0.15) is 0 Å². The highest BCUT2D eigenvalue weighted by Gasteiger charge is 2.21. The predicted octanol–water partition coefficient (Wildman–Crippen LogP) is 15.9. The third kappa shape index (κ3) is 5.46. The summed E-state index contributed by atoms with van der Waals surface area (Å²) in [4.78, 5) is 4.68. The van der Waals surface area contributed by atoms with Crippen molar-refractivity contribution >= 4 is 99.4 Å². The Hall–Kier alpha value is -8.08. The first kappa shape index (κ1) is 34.0. The molecule has 282 valence electrons. The van der Waals surface area contributed by atoms with Crippen LogP contribution in [0.15, 0.2) is 229 Å². The number of furan rings is 1. The van der Waals surface area contributed by atoms with E-state index in [0.29, 0.717) is 0 Å². The van der Waals surface area contributed by atoms with Crippen LogP contribution in [0.4, 0.5) is 34.1 Å².